The molecule has 2 heteroatoms. The third-order valence-corrected chi connectivity index (χ3v) is 4.18. The number of rotatable bonds is 1. The Morgan fingerprint density at radius 2 is 2.33 bits per heavy atom. The van der Waals surface area contributed by atoms with Crippen LogP contribution in [0.3, 0.4) is 0 Å². The van der Waals surface area contributed by atoms with E-state index in [0.29, 0.717) is 0 Å². The third kappa shape index (κ3) is 1.33. The molecule has 1 N–H and O–H groups in total. The molecule has 0 bridgehead atoms. The zero-order chi connectivity index (χ0) is 10.3. The van der Waals surface area contributed by atoms with Crippen LogP contribution in [0.1, 0.15) is 16.0 Å². The van der Waals surface area contributed by atoms with Crippen molar-refractivity contribution in [3.8, 4) is 0 Å². The Labute approximate surface area is 93.4 Å². The number of hydrogen-bond acceptors (Lipinski definition) is 2. The molecule has 0 saturated heterocycles. The Balaban J connectivity index is 2.41. The lowest BCUT2D eigenvalue weighted by Gasteiger charge is -1.99. The number of nitrogens with one attached hydrogen (secondary N) is 1. The van der Waals surface area contributed by atoms with Crippen molar-refractivity contribution in [2.24, 2.45) is 0 Å². The molecule has 1 aliphatic rings. The monoisotopic (exact) mass is 215 g/mol. The highest BCUT2D eigenvalue weighted by Gasteiger charge is 2.15. The molecule has 0 aliphatic carbocycles. The fourth-order valence-corrected chi connectivity index (χ4v) is 3.41. The minimum absolute atomic E-state index is 0.984. The van der Waals surface area contributed by atoms with Crippen molar-refractivity contribution in [1.82, 2.24) is 5.32 Å². The summed E-state index contributed by atoms with van der Waals surface area (Å²) in [7, 11) is 0. The summed E-state index contributed by atoms with van der Waals surface area (Å²) in [5.41, 5.74) is 2.93. The zero-order valence-electron chi connectivity index (χ0n) is 8.55. The first-order valence-corrected chi connectivity index (χ1v) is 6.08. The number of thiophene rings is 1. The molecule has 0 spiro atoms. The van der Waals surface area contributed by atoms with E-state index in [4.69, 9.17) is 0 Å². The first-order valence-electron chi connectivity index (χ1n) is 5.26. The van der Waals surface area contributed by atoms with Gasteiger partial charge in [0.1, 0.15) is 0 Å². The predicted octanol–water partition coefficient (Wildman–Crippen LogP) is 3.19. The van der Waals surface area contributed by atoms with Crippen LogP contribution in [0.2, 0.25) is 0 Å². The van der Waals surface area contributed by atoms with Crippen LogP contribution in [-0.2, 0) is 13.0 Å². The molecule has 3 rings (SSSR count). The molecule has 0 saturated carbocycles. The first-order chi connectivity index (χ1) is 7.40. The van der Waals surface area contributed by atoms with Crippen molar-refractivity contribution >= 4 is 27.5 Å². The van der Waals surface area contributed by atoms with E-state index in [1.54, 1.807) is 0 Å². The lowest BCUT2D eigenvalue weighted by atomic mass is 10.0. The van der Waals surface area contributed by atoms with Gasteiger partial charge in [-0.1, -0.05) is 24.8 Å². The van der Waals surface area contributed by atoms with Crippen LogP contribution in [0.15, 0.2) is 24.8 Å². The summed E-state index contributed by atoms with van der Waals surface area (Å²) in [5, 5.41) is 4.95. The average Bonchev–Trinajstić information content (AvgIpc) is 2.47. The van der Waals surface area contributed by atoms with Crippen molar-refractivity contribution in [3.63, 3.8) is 0 Å². The van der Waals surface area contributed by atoms with Crippen molar-refractivity contribution in [3.05, 3.63) is 40.8 Å². The standard InChI is InChI=1S/C13H13NS/c1-2-11-10-8-14-7-6-9-4-3-5-12(15-11)13(9)10/h2-5,14H,1,6-8H2. The molecule has 1 nitrogen and oxygen atoms in total. The van der Waals surface area contributed by atoms with E-state index < -0.39 is 0 Å². The minimum atomic E-state index is 0.984. The van der Waals surface area contributed by atoms with Crippen LogP contribution in [0.4, 0.5) is 0 Å². The second kappa shape index (κ2) is 3.47. The molecule has 76 valence electrons. The van der Waals surface area contributed by atoms with E-state index in [9.17, 15) is 0 Å². The quantitative estimate of drug-likeness (QED) is 0.770. The maximum Gasteiger partial charge on any atom is 0.0355 e. The SMILES string of the molecule is C=Cc1sc2cccc3c2c1CNCC3. The Morgan fingerprint density at radius 1 is 1.40 bits per heavy atom. The molecule has 1 aliphatic heterocycles. The van der Waals surface area contributed by atoms with E-state index in [1.807, 2.05) is 17.4 Å². The average molecular weight is 215 g/mol. The van der Waals surface area contributed by atoms with E-state index >= 15 is 0 Å². The van der Waals surface area contributed by atoms with Gasteiger partial charge in [0.15, 0.2) is 0 Å². The van der Waals surface area contributed by atoms with Gasteiger partial charge in [-0.05, 0) is 30.2 Å². The Bertz CT molecular complexity index is 525. The van der Waals surface area contributed by atoms with Gasteiger partial charge in [-0.25, -0.2) is 0 Å². The highest BCUT2D eigenvalue weighted by atomic mass is 32.1. The molecule has 0 fully saturated rings. The van der Waals surface area contributed by atoms with Gasteiger partial charge in [-0.2, -0.15) is 0 Å². The summed E-state index contributed by atoms with van der Waals surface area (Å²) in [4.78, 5) is 1.33. The topological polar surface area (TPSA) is 12.0 Å². The van der Waals surface area contributed by atoms with Gasteiger partial charge in [-0.15, -0.1) is 11.3 Å². The maximum atomic E-state index is 3.90. The van der Waals surface area contributed by atoms with Gasteiger partial charge in [0, 0.05) is 21.5 Å². The van der Waals surface area contributed by atoms with Crippen molar-refractivity contribution in [2.45, 2.75) is 13.0 Å². The molecule has 2 aromatic rings. The molecule has 0 unspecified atom stereocenters. The Kier molecular flexibility index (Phi) is 2.11. The summed E-state index contributed by atoms with van der Waals surface area (Å²) >= 11 is 1.85. The lowest BCUT2D eigenvalue weighted by molar-refractivity contribution is 0.703. The predicted molar refractivity (Wildman–Crippen MR) is 67.3 cm³/mol. The van der Waals surface area contributed by atoms with Crippen LogP contribution in [0.25, 0.3) is 16.2 Å². The normalized spacial score (nSPS) is 15.2. The van der Waals surface area contributed by atoms with E-state index in [1.165, 1.54) is 26.1 Å². The summed E-state index contributed by atoms with van der Waals surface area (Å²) in [6.07, 6.45) is 3.12. The van der Waals surface area contributed by atoms with Crippen LogP contribution < -0.4 is 5.32 Å². The zero-order valence-corrected chi connectivity index (χ0v) is 9.36. The molecule has 2 heterocycles. The molecule has 15 heavy (non-hydrogen) atoms. The van der Waals surface area contributed by atoms with Crippen LogP contribution in [0, 0.1) is 0 Å². The maximum absolute atomic E-state index is 3.90. The van der Waals surface area contributed by atoms with Gasteiger partial charge in [-0.3, -0.25) is 0 Å². The number of benzene rings is 1. The van der Waals surface area contributed by atoms with E-state index in [-0.39, 0.29) is 0 Å². The molecule has 1 aromatic heterocycles. The molecule has 0 amide bonds. The minimum Gasteiger partial charge on any atom is -0.312 e. The Hall–Kier alpha value is -1.12. The van der Waals surface area contributed by atoms with Gasteiger partial charge in [0.25, 0.3) is 0 Å². The van der Waals surface area contributed by atoms with Crippen molar-refractivity contribution in [2.75, 3.05) is 6.54 Å². The lowest BCUT2D eigenvalue weighted by Crippen LogP contribution is -2.13. The van der Waals surface area contributed by atoms with Gasteiger partial charge >= 0.3 is 0 Å². The van der Waals surface area contributed by atoms with Crippen LogP contribution >= 0.6 is 11.3 Å². The summed E-state index contributed by atoms with van der Waals surface area (Å²) < 4.78 is 1.40. The van der Waals surface area contributed by atoms with Gasteiger partial charge in [0.05, 0.1) is 0 Å². The third-order valence-electron chi connectivity index (χ3n) is 2.99. The van der Waals surface area contributed by atoms with Crippen molar-refractivity contribution < 1.29 is 0 Å². The molecular formula is C13H13NS. The van der Waals surface area contributed by atoms with Crippen LogP contribution in [-0.4, -0.2) is 6.54 Å². The van der Waals surface area contributed by atoms with Gasteiger partial charge < -0.3 is 5.32 Å². The number of hydrogen-bond donors (Lipinski definition) is 1. The second-order valence-corrected chi connectivity index (χ2v) is 4.95. The summed E-state index contributed by atoms with van der Waals surface area (Å²) in [6.45, 7) is 5.96. The fraction of sp³-hybridized carbons (Fsp3) is 0.231. The molecular weight excluding hydrogens is 202 g/mol. The molecule has 0 atom stereocenters. The molecule has 0 radical (unpaired) electrons. The second-order valence-electron chi connectivity index (χ2n) is 3.87. The molecule has 1 aromatic carbocycles. The highest BCUT2D eigenvalue weighted by molar-refractivity contribution is 7.20. The largest absolute Gasteiger partial charge is 0.312 e. The van der Waals surface area contributed by atoms with Crippen LogP contribution in [0.5, 0.6) is 0 Å². The highest BCUT2D eigenvalue weighted by Crippen LogP contribution is 2.35. The van der Waals surface area contributed by atoms with E-state index in [0.717, 1.165) is 19.5 Å². The fourth-order valence-electron chi connectivity index (χ4n) is 2.29. The van der Waals surface area contributed by atoms with Crippen molar-refractivity contribution in [1.29, 1.82) is 0 Å². The summed E-state index contributed by atoms with van der Waals surface area (Å²) in [6, 6.07) is 6.62. The summed E-state index contributed by atoms with van der Waals surface area (Å²) in [5.74, 6) is 0. The van der Waals surface area contributed by atoms with E-state index in [2.05, 4.69) is 30.1 Å². The smallest absolute Gasteiger partial charge is 0.0355 e. The van der Waals surface area contributed by atoms with Gasteiger partial charge in [0.2, 0.25) is 0 Å². The Morgan fingerprint density at radius 3 is 3.20 bits per heavy atom. The first kappa shape index (κ1) is 9.13.